The first-order chi connectivity index (χ1) is 12.6. The predicted octanol–water partition coefficient (Wildman–Crippen LogP) is 3.06. The second-order valence-electron chi connectivity index (χ2n) is 6.54. The standard InChI is InChI=1S/C21H24N2O3/c1-3-26-19-10-8-18(9-11-19)23-14-17(12-20(23)24)21(25)22-13-16-6-4-15(2)5-7-16/h4-11,17H,3,12-14H2,1-2H3,(H,22,25). The Morgan fingerprint density at radius 2 is 1.85 bits per heavy atom. The lowest BCUT2D eigenvalue weighted by Gasteiger charge is -2.17. The summed E-state index contributed by atoms with van der Waals surface area (Å²) in [5.74, 6) is 0.354. The van der Waals surface area contributed by atoms with Crippen molar-refractivity contribution in [1.29, 1.82) is 0 Å². The van der Waals surface area contributed by atoms with Gasteiger partial charge in [0.2, 0.25) is 11.8 Å². The first kappa shape index (κ1) is 18.0. The number of hydrogen-bond acceptors (Lipinski definition) is 3. The normalized spacial score (nSPS) is 16.6. The van der Waals surface area contributed by atoms with E-state index in [9.17, 15) is 9.59 Å². The van der Waals surface area contributed by atoms with Crippen LogP contribution >= 0.6 is 0 Å². The van der Waals surface area contributed by atoms with E-state index < -0.39 is 0 Å². The number of benzene rings is 2. The Balaban J connectivity index is 1.57. The van der Waals surface area contributed by atoms with Gasteiger partial charge in [0, 0.05) is 25.2 Å². The first-order valence-electron chi connectivity index (χ1n) is 8.93. The fourth-order valence-corrected chi connectivity index (χ4v) is 3.06. The summed E-state index contributed by atoms with van der Waals surface area (Å²) in [7, 11) is 0. The third kappa shape index (κ3) is 4.23. The molecule has 1 unspecified atom stereocenters. The minimum atomic E-state index is -0.320. The van der Waals surface area contributed by atoms with Gasteiger partial charge in [-0.3, -0.25) is 9.59 Å². The molecule has 3 rings (SSSR count). The molecule has 0 bridgehead atoms. The van der Waals surface area contributed by atoms with Gasteiger partial charge >= 0.3 is 0 Å². The maximum atomic E-state index is 12.4. The second kappa shape index (κ2) is 8.04. The van der Waals surface area contributed by atoms with Crippen molar-refractivity contribution in [2.75, 3.05) is 18.1 Å². The fourth-order valence-electron chi connectivity index (χ4n) is 3.06. The van der Waals surface area contributed by atoms with Crippen LogP contribution in [0.4, 0.5) is 5.69 Å². The average Bonchev–Trinajstić information content (AvgIpc) is 3.04. The number of nitrogens with zero attached hydrogens (tertiary/aromatic N) is 1. The molecule has 0 radical (unpaired) electrons. The van der Waals surface area contributed by atoms with Gasteiger partial charge in [0.1, 0.15) is 5.75 Å². The van der Waals surface area contributed by atoms with Gasteiger partial charge in [0.25, 0.3) is 0 Å². The van der Waals surface area contributed by atoms with Crippen LogP contribution in [-0.4, -0.2) is 25.0 Å². The van der Waals surface area contributed by atoms with E-state index in [0.29, 0.717) is 19.7 Å². The van der Waals surface area contributed by atoms with Crippen molar-refractivity contribution in [1.82, 2.24) is 5.32 Å². The maximum absolute atomic E-state index is 12.4. The van der Waals surface area contributed by atoms with Gasteiger partial charge in [-0.05, 0) is 43.7 Å². The number of anilines is 1. The Labute approximate surface area is 154 Å². The number of carbonyl (C=O) groups is 2. The van der Waals surface area contributed by atoms with Crippen LogP contribution in [0.5, 0.6) is 5.75 Å². The van der Waals surface area contributed by atoms with E-state index in [4.69, 9.17) is 4.74 Å². The molecule has 2 aromatic rings. The molecule has 2 amide bonds. The Hall–Kier alpha value is -2.82. The van der Waals surface area contributed by atoms with Gasteiger partial charge < -0.3 is 15.0 Å². The molecule has 1 saturated heterocycles. The molecule has 1 atom stereocenters. The van der Waals surface area contributed by atoms with E-state index in [1.807, 2.05) is 62.4 Å². The van der Waals surface area contributed by atoms with E-state index >= 15 is 0 Å². The summed E-state index contributed by atoms with van der Waals surface area (Å²) in [4.78, 5) is 26.4. The number of aryl methyl sites for hydroxylation is 1. The minimum absolute atomic E-state index is 0.0235. The zero-order chi connectivity index (χ0) is 18.5. The second-order valence-corrected chi connectivity index (χ2v) is 6.54. The molecule has 26 heavy (non-hydrogen) atoms. The number of nitrogens with one attached hydrogen (secondary N) is 1. The Bertz CT molecular complexity index is 769. The van der Waals surface area contributed by atoms with Gasteiger partial charge in [0.05, 0.1) is 12.5 Å². The molecule has 0 aliphatic carbocycles. The van der Waals surface area contributed by atoms with Crippen molar-refractivity contribution in [3.8, 4) is 5.75 Å². The molecule has 1 heterocycles. The predicted molar refractivity (Wildman–Crippen MR) is 101 cm³/mol. The maximum Gasteiger partial charge on any atom is 0.227 e. The number of ether oxygens (including phenoxy) is 1. The molecule has 0 aromatic heterocycles. The van der Waals surface area contributed by atoms with Crippen molar-refractivity contribution in [2.24, 2.45) is 5.92 Å². The highest BCUT2D eigenvalue weighted by Crippen LogP contribution is 2.27. The molecule has 1 fully saturated rings. The van der Waals surface area contributed by atoms with Crippen molar-refractivity contribution in [2.45, 2.75) is 26.8 Å². The largest absolute Gasteiger partial charge is 0.494 e. The molecule has 136 valence electrons. The van der Waals surface area contributed by atoms with Gasteiger partial charge in [0.15, 0.2) is 0 Å². The average molecular weight is 352 g/mol. The molecular weight excluding hydrogens is 328 g/mol. The van der Waals surface area contributed by atoms with Crippen LogP contribution in [0, 0.1) is 12.8 Å². The van der Waals surface area contributed by atoms with Gasteiger partial charge in [-0.25, -0.2) is 0 Å². The highest BCUT2D eigenvalue weighted by molar-refractivity contribution is 6.00. The highest BCUT2D eigenvalue weighted by Gasteiger charge is 2.34. The molecule has 1 aliphatic heterocycles. The van der Waals surface area contributed by atoms with E-state index in [0.717, 1.165) is 17.0 Å². The molecule has 2 aromatic carbocycles. The number of amides is 2. The SMILES string of the molecule is CCOc1ccc(N2CC(C(=O)NCc3ccc(C)cc3)CC2=O)cc1. The van der Waals surface area contributed by atoms with Crippen LogP contribution in [0.3, 0.4) is 0 Å². The summed E-state index contributed by atoms with van der Waals surface area (Å²) in [6, 6.07) is 15.4. The Kier molecular flexibility index (Phi) is 5.56. The lowest BCUT2D eigenvalue weighted by molar-refractivity contribution is -0.126. The van der Waals surface area contributed by atoms with Crippen LogP contribution < -0.4 is 15.0 Å². The van der Waals surface area contributed by atoms with Crippen molar-refractivity contribution >= 4 is 17.5 Å². The first-order valence-corrected chi connectivity index (χ1v) is 8.93. The molecule has 5 nitrogen and oxygen atoms in total. The zero-order valence-corrected chi connectivity index (χ0v) is 15.2. The summed E-state index contributed by atoms with van der Waals surface area (Å²) < 4.78 is 5.42. The summed E-state index contributed by atoms with van der Waals surface area (Å²) >= 11 is 0. The third-order valence-corrected chi connectivity index (χ3v) is 4.54. The van der Waals surface area contributed by atoms with E-state index in [2.05, 4.69) is 5.32 Å². The number of hydrogen-bond donors (Lipinski definition) is 1. The quantitative estimate of drug-likeness (QED) is 0.869. The van der Waals surface area contributed by atoms with E-state index in [1.54, 1.807) is 4.90 Å². The lowest BCUT2D eigenvalue weighted by Crippen LogP contribution is -2.32. The van der Waals surface area contributed by atoms with Crippen LogP contribution in [-0.2, 0) is 16.1 Å². The van der Waals surface area contributed by atoms with Crippen LogP contribution in [0.1, 0.15) is 24.5 Å². The minimum Gasteiger partial charge on any atom is -0.494 e. The molecule has 1 aliphatic rings. The summed E-state index contributed by atoms with van der Waals surface area (Å²) in [6.07, 6.45) is 0.243. The van der Waals surface area contributed by atoms with Crippen LogP contribution in [0.15, 0.2) is 48.5 Å². The van der Waals surface area contributed by atoms with Gasteiger partial charge in [-0.2, -0.15) is 0 Å². The number of carbonyl (C=O) groups excluding carboxylic acids is 2. The molecule has 1 N–H and O–H groups in total. The van der Waals surface area contributed by atoms with E-state index in [1.165, 1.54) is 5.56 Å². The fraction of sp³-hybridized carbons (Fsp3) is 0.333. The zero-order valence-electron chi connectivity index (χ0n) is 15.2. The molecule has 0 spiro atoms. The van der Waals surface area contributed by atoms with Gasteiger partial charge in [-0.15, -0.1) is 0 Å². The Morgan fingerprint density at radius 3 is 2.50 bits per heavy atom. The number of rotatable bonds is 6. The summed E-state index contributed by atoms with van der Waals surface area (Å²) in [5, 5.41) is 2.94. The Morgan fingerprint density at radius 1 is 1.15 bits per heavy atom. The van der Waals surface area contributed by atoms with Crippen molar-refractivity contribution in [3.05, 3.63) is 59.7 Å². The van der Waals surface area contributed by atoms with Crippen molar-refractivity contribution in [3.63, 3.8) is 0 Å². The summed E-state index contributed by atoms with van der Waals surface area (Å²) in [6.45, 7) is 5.45. The van der Waals surface area contributed by atoms with Crippen molar-refractivity contribution < 1.29 is 14.3 Å². The third-order valence-electron chi connectivity index (χ3n) is 4.54. The molecular formula is C21H24N2O3. The topological polar surface area (TPSA) is 58.6 Å². The molecule has 5 heteroatoms. The van der Waals surface area contributed by atoms with Crippen LogP contribution in [0.25, 0.3) is 0 Å². The van der Waals surface area contributed by atoms with E-state index in [-0.39, 0.29) is 24.2 Å². The van der Waals surface area contributed by atoms with Gasteiger partial charge in [-0.1, -0.05) is 29.8 Å². The molecule has 0 saturated carbocycles. The highest BCUT2D eigenvalue weighted by atomic mass is 16.5. The smallest absolute Gasteiger partial charge is 0.227 e. The van der Waals surface area contributed by atoms with Crippen LogP contribution in [0.2, 0.25) is 0 Å². The summed E-state index contributed by atoms with van der Waals surface area (Å²) in [5.41, 5.74) is 3.04. The lowest BCUT2D eigenvalue weighted by atomic mass is 10.1. The monoisotopic (exact) mass is 352 g/mol.